The van der Waals surface area contributed by atoms with Crippen LogP contribution in [0.2, 0.25) is 0 Å². The molecule has 22 heavy (non-hydrogen) atoms. The van der Waals surface area contributed by atoms with Crippen molar-refractivity contribution in [1.29, 1.82) is 0 Å². The molecule has 1 atom stereocenters. The lowest BCUT2D eigenvalue weighted by Gasteiger charge is -2.41. The molecular weight excluding hydrogens is 292 g/mol. The highest BCUT2D eigenvalue weighted by Crippen LogP contribution is 2.29. The lowest BCUT2D eigenvalue weighted by Crippen LogP contribution is -2.49. The molecule has 2 saturated heterocycles. The molecular formula is C17H30N4S. The van der Waals surface area contributed by atoms with Gasteiger partial charge >= 0.3 is 0 Å². The minimum Gasteiger partial charge on any atom is -0.314 e. The fourth-order valence-electron chi connectivity index (χ4n) is 3.70. The first kappa shape index (κ1) is 16.4. The van der Waals surface area contributed by atoms with Gasteiger partial charge in [-0.3, -0.25) is 9.80 Å². The van der Waals surface area contributed by atoms with E-state index in [1.165, 1.54) is 50.4 Å². The average molecular weight is 323 g/mol. The molecule has 0 bridgehead atoms. The third-order valence-electron chi connectivity index (χ3n) is 5.27. The Balaban J connectivity index is 1.67. The number of nitrogens with one attached hydrogen (secondary N) is 1. The summed E-state index contributed by atoms with van der Waals surface area (Å²) in [7, 11) is 4.59. The molecule has 4 nitrogen and oxygen atoms in total. The van der Waals surface area contributed by atoms with Crippen molar-refractivity contribution in [2.24, 2.45) is 0 Å². The minimum absolute atomic E-state index is 0.548. The maximum Gasteiger partial charge on any atom is 0.0569 e. The Kier molecular flexibility index (Phi) is 5.88. The Hall–Kier alpha value is -0.460. The van der Waals surface area contributed by atoms with Crippen molar-refractivity contribution in [3.8, 4) is 0 Å². The zero-order chi connectivity index (χ0) is 15.4. The standard InChI is InChI=1S/C17H30N4S/c1-19-9-5-15(6-10-19)20(2)16(17-4-3-13-22-17)14-21-11-7-18-8-12-21/h3-4,13,15-16,18H,5-12,14H2,1-2H3. The van der Waals surface area contributed by atoms with E-state index in [1.807, 2.05) is 11.3 Å². The van der Waals surface area contributed by atoms with Gasteiger partial charge in [-0.05, 0) is 51.5 Å². The number of piperidine rings is 1. The summed E-state index contributed by atoms with van der Waals surface area (Å²) in [6, 6.07) is 5.80. The van der Waals surface area contributed by atoms with Gasteiger partial charge in [-0.15, -0.1) is 11.3 Å². The number of thiophene rings is 1. The quantitative estimate of drug-likeness (QED) is 0.891. The van der Waals surface area contributed by atoms with Crippen LogP contribution >= 0.6 is 11.3 Å². The summed E-state index contributed by atoms with van der Waals surface area (Å²) < 4.78 is 0. The van der Waals surface area contributed by atoms with Gasteiger partial charge in [-0.2, -0.15) is 0 Å². The summed E-state index contributed by atoms with van der Waals surface area (Å²) in [5, 5.41) is 5.69. The molecule has 1 N–H and O–H groups in total. The van der Waals surface area contributed by atoms with Gasteiger partial charge in [0, 0.05) is 43.6 Å². The van der Waals surface area contributed by atoms with Crippen molar-refractivity contribution in [3.63, 3.8) is 0 Å². The maximum absolute atomic E-state index is 3.46. The molecule has 1 unspecified atom stereocenters. The zero-order valence-corrected chi connectivity index (χ0v) is 14.8. The lowest BCUT2D eigenvalue weighted by atomic mass is 10.0. The van der Waals surface area contributed by atoms with Crippen molar-refractivity contribution >= 4 is 11.3 Å². The fraction of sp³-hybridized carbons (Fsp3) is 0.765. The predicted octanol–water partition coefficient (Wildman–Crippen LogP) is 1.72. The molecule has 0 amide bonds. The van der Waals surface area contributed by atoms with Gasteiger partial charge in [-0.1, -0.05) is 6.07 Å². The molecule has 3 heterocycles. The van der Waals surface area contributed by atoms with E-state index in [0.717, 1.165) is 19.1 Å². The number of likely N-dealkylation sites (tertiary alicyclic amines) is 1. The van der Waals surface area contributed by atoms with Crippen LogP contribution in [0.15, 0.2) is 17.5 Å². The van der Waals surface area contributed by atoms with Crippen LogP contribution in [0.5, 0.6) is 0 Å². The van der Waals surface area contributed by atoms with E-state index in [4.69, 9.17) is 0 Å². The third kappa shape index (κ3) is 4.09. The van der Waals surface area contributed by atoms with Crippen LogP contribution in [-0.4, -0.2) is 80.7 Å². The first-order valence-electron chi connectivity index (χ1n) is 8.61. The molecule has 0 aliphatic carbocycles. The number of nitrogens with zero attached hydrogens (tertiary/aromatic N) is 3. The van der Waals surface area contributed by atoms with Crippen molar-refractivity contribution in [2.75, 3.05) is 59.9 Å². The van der Waals surface area contributed by atoms with Crippen LogP contribution in [0.4, 0.5) is 0 Å². The molecule has 3 rings (SSSR count). The van der Waals surface area contributed by atoms with Crippen molar-refractivity contribution in [1.82, 2.24) is 20.0 Å². The highest BCUT2D eigenvalue weighted by Gasteiger charge is 2.29. The number of hydrogen-bond donors (Lipinski definition) is 1. The summed E-state index contributed by atoms with van der Waals surface area (Å²) in [5.74, 6) is 0. The maximum atomic E-state index is 3.46. The Labute approximate surface area is 139 Å². The van der Waals surface area contributed by atoms with Crippen LogP contribution < -0.4 is 5.32 Å². The molecule has 1 aromatic rings. The average Bonchev–Trinajstić information content (AvgIpc) is 3.08. The lowest BCUT2D eigenvalue weighted by molar-refractivity contribution is 0.0810. The van der Waals surface area contributed by atoms with E-state index in [-0.39, 0.29) is 0 Å². The molecule has 2 aliphatic heterocycles. The van der Waals surface area contributed by atoms with Crippen molar-refractivity contribution in [3.05, 3.63) is 22.4 Å². The summed E-state index contributed by atoms with van der Waals surface area (Å²) in [6.45, 7) is 8.28. The second-order valence-electron chi connectivity index (χ2n) is 6.78. The summed E-state index contributed by atoms with van der Waals surface area (Å²) in [5.41, 5.74) is 0. The Bertz CT molecular complexity index is 422. The monoisotopic (exact) mass is 322 g/mol. The third-order valence-corrected chi connectivity index (χ3v) is 6.24. The fourth-order valence-corrected chi connectivity index (χ4v) is 4.56. The largest absolute Gasteiger partial charge is 0.314 e. The Morgan fingerprint density at radius 3 is 2.64 bits per heavy atom. The van der Waals surface area contributed by atoms with Gasteiger partial charge in [0.25, 0.3) is 0 Å². The van der Waals surface area contributed by atoms with E-state index in [2.05, 4.69) is 51.6 Å². The topological polar surface area (TPSA) is 21.8 Å². The van der Waals surface area contributed by atoms with Crippen LogP contribution in [0, 0.1) is 0 Å². The molecule has 2 aliphatic rings. The molecule has 0 radical (unpaired) electrons. The molecule has 5 heteroatoms. The van der Waals surface area contributed by atoms with Gasteiger partial charge in [0.2, 0.25) is 0 Å². The van der Waals surface area contributed by atoms with Gasteiger partial charge in [0.05, 0.1) is 6.04 Å². The SMILES string of the molecule is CN1CCC(N(C)C(CN2CCNCC2)c2cccs2)CC1. The first-order valence-corrected chi connectivity index (χ1v) is 9.49. The predicted molar refractivity (Wildman–Crippen MR) is 94.7 cm³/mol. The second kappa shape index (κ2) is 7.88. The number of hydrogen-bond acceptors (Lipinski definition) is 5. The number of piperazine rings is 1. The molecule has 0 spiro atoms. The summed E-state index contributed by atoms with van der Waals surface area (Å²) in [4.78, 5) is 9.29. The van der Waals surface area contributed by atoms with Crippen molar-refractivity contribution in [2.45, 2.75) is 24.9 Å². The second-order valence-corrected chi connectivity index (χ2v) is 7.76. The van der Waals surface area contributed by atoms with Crippen LogP contribution in [0.25, 0.3) is 0 Å². The first-order chi connectivity index (χ1) is 10.7. The van der Waals surface area contributed by atoms with E-state index in [0.29, 0.717) is 6.04 Å². The smallest absolute Gasteiger partial charge is 0.0569 e. The van der Waals surface area contributed by atoms with E-state index in [1.54, 1.807) is 0 Å². The van der Waals surface area contributed by atoms with Crippen LogP contribution in [0.3, 0.4) is 0 Å². The summed E-state index contributed by atoms with van der Waals surface area (Å²) >= 11 is 1.92. The molecule has 2 fully saturated rings. The molecule has 124 valence electrons. The van der Waals surface area contributed by atoms with Crippen LogP contribution in [0.1, 0.15) is 23.8 Å². The highest BCUT2D eigenvalue weighted by atomic mass is 32.1. The van der Waals surface area contributed by atoms with Gasteiger partial charge in [-0.25, -0.2) is 0 Å². The van der Waals surface area contributed by atoms with E-state index < -0.39 is 0 Å². The van der Waals surface area contributed by atoms with Gasteiger partial charge < -0.3 is 10.2 Å². The number of likely N-dealkylation sites (N-methyl/N-ethyl adjacent to an activating group) is 1. The van der Waals surface area contributed by atoms with E-state index in [9.17, 15) is 0 Å². The van der Waals surface area contributed by atoms with E-state index >= 15 is 0 Å². The molecule has 1 aromatic heterocycles. The normalized spacial score (nSPS) is 24.0. The zero-order valence-electron chi connectivity index (χ0n) is 14.0. The minimum atomic E-state index is 0.548. The molecule has 0 aromatic carbocycles. The highest BCUT2D eigenvalue weighted by molar-refractivity contribution is 7.10. The molecule has 0 saturated carbocycles. The van der Waals surface area contributed by atoms with Crippen molar-refractivity contribution < 1.29 is 0 Å². The Morgan fingerprint density at radius 1 is 1.27 bits per heavy atom. The van der Waals surface area contributed by atoms with Crippen LogP contribution in [-0.2, 0) is 0 Å². The summed E-state index contributed by atoms with van der Waals surface area (Å²) in [6.07, 6.45) is 2.60. The van der Waals surface area contributed by atoms with Gasteiger partial charge in [0.15, 0.2) is 0 Å². The Morgan fingerprint density at radius 2 is 2.00 bits per heavy atom. The van der Waals surface area contributed by atoms with Gasteiger partial charge in [0.1, 0.15) is 0 Å². The number of rotatable bonds is 5.